The van der Waals surface area contributed by atoms with Gasteiger partial charge in [0.05, 0.1) is 12.6 Å². The monoisotopic (exact) mass is 290 g/mol. The third kappa shape index (κ3) is 2.83. The van der Waals surface area contributed by atoms with Crippen molar-refractivity contribution in [2.75, 3.05) is 6.54 Å². The van der Waals surface area contributed by atoms with E-state index < -0.39 is 0 Å². The Balaban J connectivity index is 1.74. The highest BCUT2D eigenvalue weighted by molar-refractivity contribution is 4.95. The van der Waals surface area contributed by atoms with Crippen molar-refractivity contribution in [1.29, 1.82) is 0 Å². The minimum absolute atomic E-state index is 0.142. The molecule has 0 radical (unpaired) electrons. The molecule has 1 saturated heterocycles. The lowest BCUT2D eigenvalue weighted by Crippen LogP contribution is -2.35. The van der Waals surface area contributed by atoms with Gasteiger partial charge in [-0.25, -0.2) is 9.67 Å². The third-order valence-electron chi connectivity index (χ3n) is 4.17. The summed E-state index contributed by atoms with van der Waals surface area (Å²) in [4.78, 5) is 6.81. The van der Waals surface area contributed by atoms with Crippen molar-refractivity contribution in [2.45, 2.75) is 59.2 Å². The number of rotatable bonds is 4. The van der Waals surface area contributed by atoms with Crippen LogP contribution in [-0.2, 0) is 6.54 Å². The molecule has 0 aliphatic carbocycles. The first kappa shape index (κ1) is 14.2. The lowest BCUT2D eigenvalue weighted by Gasteiger charge is -2.28. The molecule has 1 fully saturated rings. The number of likely N-dealkylation sites (tertiary alicyclic amines) is 1. The van der Waals surface area contributed by atoms with Crippen LogP contribution in [-0.4, -0.2) is 42.4 Å². The number of hydrogen-bond acceptors (Lipinski definition) is 6. The minimum Gasteiger partial charge on any atom is -0.424 e. The van der Waals surface area contributed by atoms with E-state index in [0.717, 1.165) is 31.2 Å². The van der Waals surface area contributed by atoms with Crippen molar-refractivity contribution < 1.29 is 4.42 Å². The van der Waals surface area contributed by atoms with E-state index in [1.165, 1.54) is 6.42 Å². The number of nitrogens with zero attached hydrogens (tertiary/aromatic N) is 6. The van der Waals surface area contributed by atoms with Crippen LogP contribution in [0.25, 0.3) is 0 Å². The molecule has 7 nitrogen and oxygen atoms in total. The quantitative estimate of drug-likeness (QED) is 0.855. The summed E-state index contributed by atoms with van der Waals surface area (Å²) in [5.74, 6) is 3.12. The molecule has 2 aromatic heterocycles. The molecule has 3 rings (SSSR count). The van der Waals surface area contributed by atoms with Gasteiger partial charge >= 0.3 is 0 Å². The summed E-state index contributed by atoms with van der Waals surface area (Å²) in [7, 11) is 0. The summed E-state index contributed by atoms with van der Waals surface area (Å²) in [6, 6.07) is 0.579. The second-order valence-electron chi connectivity index (χ2n) is 5.76. The van der Waals surface area contributed by atoms with Crippen LogP contribution < -0.4 is 0 Å². The lowest BCUT2D eigenvalue weighted by molar-refractivity contribution is 0.150. The van der Waals surface area contributed by atoms with Gasteiger partial charge in [0, 0.05) is 13.0 Å². The normalized spacial score (nSPS) is 21.0. The van der Waals surface area contributed by atoms with Gasteiger partial charge in [-0.05, 0) is 40.2 Å². The molecular weight excluding hydrogens is 268 g/mol. The Bertz CT molecular complexity index is 619. The van der Waals surface area contributed by atoms with Crippen molar-refractivity contribution in [3.05, 3.63) is 23.4 Å². The zero-order chi connectivity index (χ0) is 15.0. The highest BCUT2D eigenvalue weighted by Gasteiger charge is 2.32. The second-order valence-corrected chi connectivity index (χ2v) is 5.76. The van der Waals surface area contributed by atoms with Crippen LogP contribution in [0.4, 0.5) is 0 Å². The molecule has 0 bridgehead atoms. The van der Waals surface area contributed by atoms with Crippen molar-refractivity contribution >= 4 is 0 Å². The fourth-order valence-corrected chi connectivity index (χ4v) is 3.12. The van der Waals surface area contributed by atoms with Gasteiger partial charge in [0.2, 0.25) is 11.8 Å². The van der Waals surface area contributed by atoms with Crippen LogP contribution in [0.5, 0.6) is 0 Å². The topological polar surface area (TPSA) is 72.9 Å². The minimum atomic E-state index is 0.142. The van der Waals surface area contributed by atoms with E-state index in [9.17, 15) is 0 Å². The summed E-state index contributed by atoms with van der Waals surface area (Å²) in [5, 5.41) is 12.6. The highest BCUT2D eigenvalue weighted by atomic mass is 16.4. The summed E-state index contributed by atoms with van der Waals surface area (Å²) in [6.07, 6.45) is 2.35. The van der Waals surface area contributed by atoms with Crippen LogP contribution in [0, 0.1) is 20.8 Å². The molecule has 0 saturated carbocycles. The molecule has 1 aliphatic rings. The fraction of sp³-hybridized carbons (Fsp3) is 0.714. The van der Waals surface area contributed by atoms with E-state index in [1.807, 2.05) is 25.5 Å². The van der Waals surface area contributed by atoms with Gasteiger partial charge < -0.3 is 4.42 Å². The molecule has 114 valence electrons. The standard InChI is InChI=1S/C14H22N6O/c1-9(14-17-16-12(4)21-14)19-7-5-6-13(19)8-20-11(3)15-10(2)18-20/h9,13H,5-8H2,1-4H3/t9-,13+/m0/s1. The Morgan fingerprint density at radius 3 is 2.71 bits per heavy atom. The number of hydrogen-bond donors (Lipinski definition) is 0. The molecule has 0 aromatic carbocycles. The predicted molar refractivity (Wildman–Crippen MR) is 76.7 cm³/mol. The average molecular weight is 290 g/mol. The zero-order valence-corrected chi connectivity index (χ0v) is 13.1. The summed E-state index contributed by atoms with van der Waals surface area (Å²) in [6.45, 7) is 9.81. The van der Waals surface area contributed by atoms with Crippen LogP contribution in [0.2, 0.25) is 0 Å². The first-order valence-corrected chi connectivity index (χ1v) is 7.48. The largest absolute Gasteiger partial charge is 0.424 e. The summed E-state index contributed by atoms with van der Waals surface area (Å²) >= 11 is 0. The summed E-state index contributed by atoms with van der Waals surface area (Å²) in [5.41, 5.74) is 0. The second kappa shape index (κ2) is 5.55. The first-order chi connectivity index (χ1) is 10.0. The van der Waals surface area contributed by atoms with Gasteiger partial charge in [-0.3, -0.25) is 4.90 Å². The van der Waals surface area contributed by atoms with E-state index in [1.54, 1.807) is 0 Å². The van der Waals surface area contributed by atoms with Crippen molar-refractivity contribution in [3.63, 3.8) is 0 Å². The zero-order valence-electron chi connectivity index (χ0n) is 13.1. The van der Waals surface area contributed by atoms with Gasteiger partial charge in [-0.2, -0.15) is 5.10 Å². The van der Waals surface area contributed by atoms with E-state index in [-0.39, 0.29) is 6.04 Å². The molecule has 3 heterocycles. The SMILES string of the molecule is Cc1nc(C)n(C[C@H]2CCCN2[C@@H](C)c2nnc(C)o2)n1. The van der Waals surface area contributed by atoms with Gasteiger partial charge in [0.15, 0.2) is 0 Å². The number of aryl methyl sites for hydroxylation is 3. The van der Waals surface area contributed by atoms with Crippen molar-refractivity contribution in [3.8, 4) is 0 Å². The Labute approximate surface area is 124 Å². The molecular formula is C14H22N6O. The fourth-order valence-electron chi connectivity index (χ4n) is 3.12. The van der Waals surface area contributed by atoms with Crippen molar-refractivity contribution in [2.24, 2.45) is 0 Å². The lowest BCUT2D eigenvalue weighted by atomic mass is 10.2. The summed E-state index contributed by atoms with van der Waals surface area (Å²) < 4.78 is 7.59. The molecule has 0 unspecified atom stereocenters. The first-order valence-electron chi connectivity index (χ1n) is 7.48. The molecule has 1 aliphatic heterocycles. The third-order valence-corrected chi connectivity index (χ3v) is 4.17. The number of aromatic nitrogens is 5. The van der Waals surface area contributed by atoms with Gasteiger partial charge in [-0.15, -0.1) is 10.2 Å². The van der Waals surface area contributed by atoms with Crippen LogP contribution in [0.1, 0.15) is 49.2 Å². The molecule has 0 spiro atoms. The van der Waals surface area contributed by atoms with E-state index in [0.29, 0.717) is 17.8 Å². The Hall–Kier alpha value is -1.76. The van der Waals surface area contributed by atoms with Crippen LogP contribution in [0.3, 0.4) is 0 Å². The molecule has 7 heteroatoms. The predicted octanol–water partition coefficient (Wildman–Crippen LogP) is 1.81. The Morgan fingerprint density at radius 2 is 2.10 bits per heavy atom. The van der Waals surface area contributed by atoms with Crippen LogP contribution in [0.15, 0.2) is 4.42 Å². The smallest absolute Gasteiger partial charge is 0.233 e. The average Bonchev–Trinajstić information content (AvgIpc) is 3.12. The Morgan fingerprint density at radius 1 is 1.29 bits per heavy atom. The van der Waals surface area contributed by atoms with E-state index in [2.05, 4.69) is 32.1 Å². The maximum absolute atomic E-state index is 5.59. The molecule has 2 aromatic rings. The van der Waals surface area contributed by atoms with E-state index in [4.69, 9.17) is 4.42 Å². The maximum atomic E-state index is 5.59. The molecule has 21 heavy (non-hydrogen) atoms. The van der Waals surface area contributed by atoms with Gasteiger partial charge in [-0.1, -0.05) is 0 Å². The Kier molecular flexibility index (Phi) is 3.75. The molecule has 0 amide bonds. The van der Waals surface area contributed by atoms with Crippen LogP contribution >= 0.6 is 0 Å². The molecule has 0 N–H and O–H groups in total. The van der Waals surface area contributed by atoms with Crippen molar-refractivity contribution in [1.82, 2.24) is 29.9 Å². The van der Waals surface area contributed by atoms with Gasteiger partial charge in [0.25, 0.3) is 0 Å². The highest BCUT2D eigenvalue weighted by Crippen LogP contribution is 2.29. The molecule has 2 atom stereocenters. The van der Waals surface area contributed by atoms with E-state index >= 15 is 0 Å². The van der Waals surface area contributed by atoms with Gasteiger partial charge in [0.1, 0.15) is 11.6 Å². The maximum Gasteiger partial charge on any atom is 0.233 e.